The van der Waals surface area contributed by atoms with Crippen molar-refractivity contribution in [1.29, 1.82) is 0 Å². The number of fused-ring (bicyclic) bond motifs is 1. The monoisotopic (exact) mass is 468 g/mol. The Labute approximate surface area is 198 Å². The van der Waals surface area contributed by atoms with Gasteiger partial charge in [0.2, 0.25) is 5.91 Å². The van der Waals surface area contributed by atoms with Crippen molar-refractivity contribution < 1.29 is 14.3 Å². The van der Waals surface area contributed by atoms with E-state index >= 15 is 0 Å². The third-order valence-electron chi connectivity index (χ3n) is 5.81. The van der Waals surface area contributed by atoms with E-state index in [4.69, 9.17) is 15.5 Å². The van der Waals surface area contributed by atoms with Crippen LogP contribution in [0.15, 0.2) is 24.7 Å². The highest BCUT2D eigenvalue weighted by Gasteiger charge is 2.39. The Balaban J connectivity index is 1.65. The molecule has 3 aromatic heterocycles. The number of hydrogen-bond donors (Lipinski definition) is 3. The molecular formula is C23H32N8O3. The van der Waals surface area contributed by atoms with Crippen molar-refractivity contribution in [3.05, 3.63) is 30.4 Å². The van der Waals surface area contributed by atoms with Gasteiger partial charge >= 0.3 is 6.09 Å². The highest BCUT2D eigenvalue weighted by atomic mass is 16.6. The number of piperidine rings is 1. The van der Waals surface area contributed by atoms with Gasteiger partial charge in [-0.1, -0.05) is 6.92 Å². The van der Waals surface area contributed by atoms with Crippen LogP contribution < -0.4 is 11.1 Å². The van der Waals surface area contributed by atoms with E-state index in [2.05, 4.69) is 20.6 Å². The number of rotatable bonds is 5. The molecule has 4 N–H and O–H groups in total. The lowest BCUT2D eigenvalue weighted by Crippen LogP contribution is -2.54. The number of nitrogens with one attached hydrogen (secondary N) is 2. The predicted molar refractivity (Wildman–Crippen MR) is 127 cm³/mol. The summed E-state index contributed by atoms with van der Waals surface area (Å²) in [7, 11) is 0. The van der Waals surface area contributed by atoms with E-state index in [0.29, 0.717) is 37.4 Å². The maximum atomic E-state index is 13.1. The Bertz CT molecular complexity index is 1170. The van der Waals surface area contributed by atoms with Crippen LogP contribution in [0.5, 0.6) is 0 Å². The maximum absolute atomic E-state index is 13.1. The molecule has 11 nitrogen and oxygen atoms in total. The number of H-pyrrole nitrogens is 1. The van der Waals surface area contributed by atoms with Crippen LogP contribution in [0.25, 0.3) is 16.8 Å². The lowest BCUT2D eigenvalue weighted by Gasteiger charge is -2.39. The third-order valence-corrected chi connectivity index (χ3v) is 5.81. The van der Waals surface area contributed by atoms with E-state index in [1.807, 2.05) is 27.7 Å². The number of ether oxygens (including phenoxy) is 1. The van der Waals surface area contributed by atoms with Gasteiger partial charge in [0.25, 0.3) is 0 Å². The minimum atomic E-state index is -0.673. The van der Waals surface area contributed by atoms with E-state index < -0.39 is 17.7 Å². The second-order valence-electron chi connectivity index (χ2n) is 9.60. The Morgan fingerprint density at radius 3 is 2.76 bits per heavy atom. The van der Waals surface area contributed by atoms with Crippen molar-refractivity contribution in [3.8, 4) is 11.1 Å². The van der Waals surface area contributed by atoms with Gasteiger partial charge in [0.1, 0.15) is 17.5 Å². The van der Waals surface area contributed by atoms with Crippen LogP contribution in [-0.2, 0) is 9.53 Å². The lowest BCUT2D eigenvalue weighted by atomic mass is 9.89. The summed E-state index contributed by atoms with van der Waals surface area (Å²) in [6, 6.07) is 1.20. The van der Waals surface area contributed by atoms with Crippen molar-refractivity contribution in [2.24, 2.45) is 0 Å². The van der Waals surface area contributed by atoms with Gasteiger partial charge in [-0.25, -0.2) is 9.78 Å². The van der Waals surface area contributed by atoms with Gasteiger partial charge in [-0.15, -0.1) is 0 Å². The normalized spacial score (nSPS) is 18.8. The molecule has 2 amide bonds. The number of carbonyl (C=O) groups excluding carboxylic acids is 2. The number of likely N-dealkylation sites (tertiary alicyclic amines) is 1. The summed E-state index contributed by atoms with van der Waals surface area (Å²) < 4.78 is 7.22. The molecule has 0 radical (unpaired) electrons. The number of nitrogen functional groups attached to an aromatic ring is 1. The predicted octanol–water partition coefficient (Wildman–Crippen LogP) is 2.71. The van der Waals surface area contributed by atoms with Crippen LogP contribution in [-0.4, -0.2) is 66.4 Å². The molecule has 1 aliphatic heterocycles. The van der Waals surface area contributed by atoms with E-state index in [1.165, 1.54) is 4.90 Å². The summed E-state index contributed by atoms with van der Waals surface area (Å²) in [5.41, 5.74) is 8.65. The first-order valence-corrected chi connectivity index (χ1v) is 11.6. The number of amides is 2. The zero-order chi connectivity index (χ0) is 24.5. The van der Waals surface area contributed by atoms with Gasteiger partial charge in [-0.3, -0.25) is 14.8 Å². The molecule has 0 bridgehead atoms. The van der Waals surface area contributed by atoms with E-state index in [9.17, 15) is 9.59 Å². The number of anilines is 1. The molecule has 3 aromatic rings. The molecule has 0 aliphatic carbocycles. The van der Waals surface area contributed by atoms with Crippen molar-refractivity contribution >= 4 is 23.5 Å². The molecule has 4 heterocycles. The molecule has 2 unspecified atom stereocenters. The van der Waals surface area contributed by atoms with Crippen LogP contribution >= 0.6 is 0 Å². The molecule has 11 heteroatoms. The van der Waals surface area contributed by atoms with Gasteiger partial charge in [-0.2, -0.15) is 14.7 Å². The Kier molecular flexibility index (Phi) is 6.45. The zero-order valence-electron chi connectivity index (χ0n) is 20.0. The molecular weight excluding hydrogens is 436 g/mol. The third kappa shape index (κ3) is 4.82. The molecule has 2 atom stereocenters. The summed E-state index contributed by atoms with van der Waals surface area (Å²) in [6.07, 6.45) is 6.67. The minimum absolute atomic E-state index is 0.109. The number of hydrogen-bond acceptors (Lipinski definition) is 7. The minimum Gasteiger partial charge on any atom is -0.444 e. The molecule has 0 spiro atoms. The Hall–Kier alpha value is -3.63. The summed E-state index contributed by atoms with van der Waals surface area (Å²) in [4.78, 5) is 32.3. The standard InChI is InChI=1S/C23H32N8O3/c1-5-8-25-21(32)18-7-6-14(13-30(18)22(33)34-23(2,3)4)17-9-19(24)31-20(29-17)16(12-28-31)15-10-26-27-11-15/h9-12,14,18H,5-8,13,24H2,1-4H3,(H,25,32)(H,26,27). The van der Waals surface area contributed by atoms with Gasteiger partial charge in [-0.05, 0) is 40.0 Å². The average molecular weight is 469 g/mol. The lowest BCUT2D eigenvalue weighted by molar-refractivity contribution is -0.127. The molecule has 4 rings (SSSR count). The molecule has 182 valence electrons. The topological polar surface area (TPSA) is 144 Å². The number of carbonyl (C=O) groups is 2. The van der Waals surface area contributed by atoms with Gasteiger partial charge in [0.15, 0.2) is 5.65 Å². The molecule has 1 saturated heterocycles. The highest BCUT2D eigenvalue weighted by Crippen LogP contribution is 2.33. The van der Waals surface area contributed by atoms with Crippen LogP contribution in [0.2, 0.25) is 0 Å². The maximum Gasteiger partial charge on any atom is 0.410 e. The van der Waals surface area contributed by atoms with Crippen molar-refractivity contribution in [3.63, 3.8) is 0 Å². The fraction of sp³-hybridized carbons (Fsp3) is 0.522. The largest absolute Gasteiger partial charge is 0.444 e. The molecule has 1 fully saturated rings. The fourth-order valence-electron chi connectivity index (χ4n) is 4.19. The number of nitrogens with zero attached hydrogens (tertiary/aromatic N) is 5. The van der Waals surface area contributed by atoms with Gasteiger partial charge in [0.05, 0.1) is 18.1 Å². The summed E-state index contributed by atoms with van der Waals surface area (Å²) >= 11 is 0. The SMILES string of the molecule is CCCNC(=O)C1CCC(c2cc(N)n3ncc(-c4cn[nH]c4)c3n2)CN1C(=O)OC(C)(C)C. The van der Waals surface area contributed by atoms with Crippen molar-refractivity contribution in [2.75, 3.05) is 18.8 Å². The number of aromatic amines is 1. The molecule has 34 heavy (non-hydrogen) atoms. The first kappa shape index (κ1) is 23.5. The van der Waals surface area contributed by atoms with Crippen LogP contribution in [0.4, 0.5) is 10.6 Å². The smallest absolute Gasteiger partial charge is 0.410 e. The van der Waals surface area contributed by atoms with Gasteiger partial charge < -0.3 is 15.8 Å². The zero-order valence-corrected chi connectivity index (χ0v) is 20.0. The summed E-state index contributed by atoms with van der Waals surface area (Å²) in [6.45, 7) is 8.29. The first-order chi connectivity index (χ1) is 16.2. The van der Waals surface area contributed by atoms with Crippen molar-refractivity contribution in [1.82, 2.24) is 35.0 Å². The van der Waals surface area contributed by atoms with Gasteiger partial charge in [0, 0.05) is 42.4 Å². The van der Waals surface area contributed by atoms with E-state index in [-0.39, 0.29) is 11.8 Å². The second-order valence-corrected chi connectivity index (χ2v) is 9.60. The first-order valence-electron chi connectivity index (χ1n) is 11.6. The quantitative estimate of drug-likeness (QED) is 0.522. The van der Waals surface area contributed by atoms with E-state index in [1.54, 1.807) is 29.2 Å². The average Bonchev–Trinajstić information content (AvgIpc) is 3.45. The van der Waals surface area contributed by atoms with Crippen LogP contribution in [0.3, 0.4) is 0 Å². The molecule has 1 aliphatic rings. The van der Waals surface area contributed by atoms with Crippen molar-refractivity contribution in [2.45, 2.75) is 64.5 Å². The Morgan fingerprint density at radius 1 is 1.29 bits per heavy atom. The fourth-order valence-corrected chi connectivity index (χ4v) is 4.19. The molecule has 0 saturated carbocycles. The molecule has 0 aromatic carbocycles. The van der Waals surface area contributed by atoms with Crippen LogP contribution in [0.1, 0.15) is 58.6 Å². The second kappa shape index (κ2) is 9.32. The number of nitrogens with two attached hydrogens (primary N) is 1. The Morgan fingerprint density at radius 2 is 2.09 bits per heavy atom. The highest BCUT2D eigenvalue weighted by molar-refractivity contribution is 5.86. The van der Waals surface area contributed by atoms with Crippen LogP contribution in [0, 0.1) is 0 Å². The summed E-state index contributed by atoms with van der Waals surface area (Å²) in [5, 5.41) is 14.1. The van der Waals surface area contributed by atoms with E-state index in [0.717, 1.165) is 23.2 Å². The number of aromatic nitrogens is 5. The summed E-state index contributed by atoms with van der Waals surface area (Å²) in [5.74, 6) is 0.177.